The summed E-state index contributed by atoms with van der Waals surface area (Å²) < 4.78 is 42.9. The van der Waals surface area contributed by atoms with E-state index in [4.69, 9.17) is 21.1 Å². The molecule has 0 unspecified atom stereocenters. The highest BCUT2D eigenvalue weighted by atomic mass is 35.5. The van der Waals surface area contributed by atoms with Gasteiger partial charge in [0, 0.05) is 68.9 Å². The first-order valence-corrected chi connectivity index (χ1v) is 20.9. The molecule has 6 atom stereocenters. The van der Waals surface area contributed by atoms with Crippen molar-refractivity contribution < 1.29 is 22.7 Å². The number of aryl methyl sites for hydroxylation is 1. The van der Waals surface area contributed by atoms with Crippen LogP contribution in [0, 0.1) is 17.8 Å². The normalized spacial score (nSPS) is 33.6. The van der Waals surface area contributed by atoms with Crippen LogP contribution in [0.25, 0.3) is 0 Å². The van der Waals surface area contributed by atoms with Crippen molar-refractivity contribution in [2.45, 2.75) is 75.6 Å². The molecule has 1 N–H and O–H groups in total. The Bertz CT molecular complexity index is 1750. The number of methoxy groups -OCH3 is 1. The number of ether oxygens (including phenoxy) is 2. The topological polar surface area (TPSA) is 91.4 Å². The van der Waals surface area contributed by atoms with E-state index in [1.165, 1.54) is 11.1 Å². The molecule has 5 aliphatic rings. The van der Waals surface area contributed by atoms with Gasteiger partial charge in [-0.25, -0.2) is 13.1 Å². The van der Waals surface area contributed by atoms with Crippen molar-refractivity contribution in [1.82, 2.24) is 14.5 Å². The van der Waals surface area contributed by atoms with Gasteiger partial charge in [0.25, 0.3) is 5.91 Å². The molecule has 3 aliphatic heterocycles. The fraction of sp³-hybridized carbons (Fsp3) is 0.625. The third-order valence-corrected chi connectivity index (χ3v) is 15.1. The summed E-state index contributed by atoms with van der Waals surface area (Å²) in [5.41, 5.74) is 2.95. The molecule has 278 valence electrons. The Morgan fingerprint density at radius 3 is 2.57 bits per heavy atom. The van der Waals surface area contributed by atoms with Gasteiger partial charge in [-0.1, -0.05) is 43.7 Å². The number of rotatable bonds is 4. The highest BCUT2D eigenvalue weighted by molar-refractivity contribution is 7.90. The SMILES string of the molecule is CCN1CCN(C[C@]2(OC)/C=C\C[C@H](C)[C@@H](C)S(=O)(=O)NC(=O)c3ccc4c(c3)N(C[C@@H]3CC[C@H]32)C[C@@]2(CCCc3cc(Cl)ccc32)CO4)CC1. The molecule has 2 aromatic carbocycles. The number of nitrogens with one attached hydrogen (secondary N) is 1. The highest BCUT2D eigenvalue weighted by Crippen LogP contribution is 2.49. The summed E-state index contributed by atoms with van der Waals surface area (Å²) in [6.07, 6.45) is 10.1. The molecule has 9 nitrogen and oxygen atoms in total. The molecule has 0 aromatic heterocycles. The molecule has 0 radical (unpaired) electrons. The molecule has 1 amide bonds. The Hall–Kier alpha value is -2.63. The second kappa shape index (κ2) is 14.7. The molecule has 1 spiro atoms. The fourth-order valence-corrected chi connectivity index (χ4v) is 10.9. The molecule has 7 rings (SSSR count). The molecule has 1 saturated carbocycles. The van der Waals surface area contributed by atoms with Crippen molar-refractivity contribution in [1.29, 1.82) is 0 Å². The Morgan fingerprint density at radius 2 is 1.84 bits per heavy atom. The maximum Gasteiger partial charge on any atom is 0.264 e. The van der Waals surface area contributed by atoms with Gasteiger partial charge in [0.1, 0.15) is 11.4 Å². The van der Waals surface area contributed by atoms with Crippen LogP contribution in [0.1, 0.15) is 74.4 Å². The first-order chi connectivity index (χ1) is 24.5. The molecular formula is C40H55ClN4O5S. The number of hydrogen-bond acceptors (Lipinski definition) is 8. The lowest BCUT2D eigenvalue weighted by Gasteiger charge is -2.52. The lowest BCUT2D eigenvalue weighted by atomic mass is 9.63. The minimum Gasteiger partial charge on any atom is -0.490 e. The van der Waals surface area contributed by atoms with Crippen LogP contribution < -0.4 is 14.4 Å². The van der Waals surface area contributed by atoms with Crippen molar-refractivity contribution in [2.24, 2.45) is 17.8 Å². The smallest absolute Gasteiger partial charge is 0.264 e. The number of hydrogen-bond donors (Lipinski definition) is 1. The summed E-state index contributed by atoms with van der Waals surface area (Å²) in [5.74, 6) is 0.529. The number of anilines is 1. The Balaban J connectivity index is 1.30. The number of likely N-dealkylation sites (N-methyl/N-ethyl adjacent to an activating group) is 1. The number of allylic oxidation sites excluding steroid dienone is 1. The van der Waals surface area contributed by atoms with Crippen molar-refractivity contribution in [3.8, 4) is 5.75 Å². The second-order valence-electron chi connectivity index (χ2n) is 15.9. The van der Waals surface area contributed by atoms with E-state index in [0.717, 1.165) is 101 Å². The molecule has 3 heterocycles. The minimum absolute atomic E-state index is 0.209. The van der Waals surface area contributed by atoms with Crippen LogP contribution >= 0.6 is 11.6 Å². The zero-order valence-corrected chi connectivity index (χ0v) is 32.3. The van der Waals surface area contributed by atoms with Gasteiger partial charge in [-0.05, 0) is 111 Å². The van der Waals surface area contributed by atoms with Crippen LogP contribution in [0.15, 0.2) is 48.6 Å². The predicted octanol–water partition coefficient (Wildman–Crippen LogP) is 5.91. The van der Waals surface area contributed by atoms with Gasteiger partial charge in [-0.15, -0.1) is 0 Å². The number of fused-ring (bicyclic) bond motifs is 4. The maximum absolute atomic E-state index is 13.6. The summed E-state index contributed by atoms with van der Waals surface area (Å²) >= 11 is 6.49. The first-order valence-electron chi connectivity index (χ1n) is 19.0. The van der Waals surface area contributed by atoms with E-state index >= 15 is 0 Å². The number of amides is 1. The number of carbonyl (C=O) groups is 1. The fourth-order valence-electron chi connectivity index (χ4n) is 9.42. The standard InChI is InChI=1S/C40H55ClN4O5S/c1-5-43-18-20-44(21-19-43)26-40(49-4)17-6-8-28(2)29(3)51(47,48)42-38(46)31-11-15-37-36(23-31)45(24-32-10-13-35(32)40)25-39(27-50-37)16-7-9-30-22-33(41)12-14-34(30)39/h6,11-12,14-15,17,22-23,28-29,32,35H,5,7-10,13,16,18-21,24-27H2,1-4H3,(H,42,46)/b17-6-/t28-,29+,32-,35+,39-,40+/m0/s1. The van der Waals surface area contributed by atoms with Crippen molar-refractivity contribution in [3.63, 3.8) is 0 Å². The molecule has 1 saturated heterocycles. The molecule has 2 aliphatic carbocycles. The number of benzene rings is 2. The van der Waals surface area contributed by atoms with Crippen LogP contribution in [0.3, 0.4) is 0 Å². The molecule has 2 aromatic rings. The van der Waals surface area contributed by atoms with Gasteiger partial charge >= 0.3 is 0 Å². The zero-order chi connectivity index (χ0) is 36.0. The van der Waals surface area contributed by atoms with Crippen LogP contribution in [0.2, 0.25) is 5.02 Å². The van der Waals surface area contributed by atoms with Crippen LogP contribution in [0.5, 0.6) is 5.75 Å². The Kier molecular flexibility index (Phi) is 10.5. The average Bonchev–Trinajstić information content (AvgIpc) is 3.25. The molecule has 2 bridgehead atoms. The quantitative estimate of drug-likeness (QED) is 0.388. The van der Waals surface area contributed by atoms with Crippen LogP contribution in [0.4, 0.5) is 5.69 Å². The Labute approximate surface area is 309 Å². The van der Waals surface area contributed by atoms with Gasteiger partial charge in [0.15, 0.2) is 0 Å². The van der Waals surface area contributed by atoms with Crippen molar-refractivity contribution in [3.05, 3.63) is 70.3 Å². The molecule has 2 fully saturated rings. The summed E-state index contributed by atoms with van der Waals surface area (Å²) in [6.45, 7) is 13.9. The van der Waals surface area contributed by atoms with Gasteiger partial charge in [0.2, 0.25) is 10.0 Å². The van der Waals surface area contributed by atoms with Gasteiger partial charge < -0.3 is 19.3 Å². The summed E-state index contributed by atoms with van der Waals surface area (Å²) in [7, 11) is -2.09. The average molecular weight is 739 g/mol. The molecule has 51 heavy (non-hydrogen) atoms. The van der Waals surface area contributed by atoms with Crippen molar-refractivity contribution >= 4 is 33.2 Å². The predicted molar refractivity (Wildman–Crippen MR) is 203 cm³/mol. The summed E-state index contributed by atoms with van der Waals surface area (Å²) in [6, 6.07) is 11.7. The Morgan fingerprint density at radius 1 is 1.06 bits per heavy atom. The number of sulfonamides is 1. The molecular weight excluding hydrogens is 684 g/mol. The largest absolute Gasteiger partial charge is 0.490 e. The highest BCUT2D eigenvalue weighted by Gasteiger charge is 2.50. The van der Waals surface area contributed by atoms with E-state index in [2.05, 4.69) is 50.6 Å². The van der Waals surface area contributed by atoms with E-state index in [9.17, 15) is 13.2 Å². The third-order valence-electron chi connectivity index (χ3n) is 13.0. The van der Waals surface area contributed by atoms with Crippen LogP contribution in [-0.4, -0.2) is 101 Å². The minimum atomic E-state index is -3.94. The van der Waals surface area contributed by atoms with E-state index in [1.54, 1.807) is 13.0 Å². The number of halogens is 1. The van der Waals surface area contributed by atoms with Crippen molar-refractivity contribution in [2.75, 3.05) is 71.0 Å². The number of piperazine rings is 1. The zero-order valence-electron chi connectivity index (χ0n) is 30.7. The van der Waals surface area contributed by atoms with Gasteiger partial charge in [0.05, 0.1) is 17.5 Å². The number of nitrogens with zero attached hydrogens (tertiary/aromatic N) is 3. The molecule has 11 heteroatoms. The van der Waals surface area contributed by atoms with Crippen LogP contribution in [-0.2, 0) is 26.6 Å². The van der Waals surface area contributed by atoms with Gasteiger partial charge in [-0.2, -0.15) is 0 Å². The summed E-state index contributed by atoms with van der Waals surface area (Å²) in [5, 5.41) is -0.0183. The monoisotopic (exact) mass is 738 g/mol. The van der Waals surface area contributed by atoms with E-state index in [-0.39, 0.29) is 17.3 Å². The third kappa shape index (κ3) is 7.20. The van der Waals surface area contributed by atoms with Gasteiger partial charge in [-0.3, -0.25) is 9.69 Å². The van der Waals surface area contributed by atoms with E-state index in [1.807, 2.05) is 32.2 Å². The first kappa shape index (κ1) is 36.7. The van der Waals surface area contributed by atoms with E-state index < -0.39 is 26.8 Å². The number of carbonyl (C=O) groups excluding carboxylic acids is 1. The second-order valence-corrected chi connectivity index (χ2v) is 18.4. The van der Waals surface area contributed by atoms with E-state index in [0.29, 0.717) is 24.5 Å². The lowest BCUT2D eigenvalue weighted by molar-refractivity contribution is -0.0953. The maximum atomic E-state index is 13.6. The summed E-state index contributed by atoms with van der Waals surface area (Å²) in [4.78, 5) is 21.1. The lowest BCUT2D eigenvalue weighted by Crippen LogP contribution is -2.59.